The molecular weight excluding hydrogens is 248 g/mol. The molecule has 0 aromatic heterocycles. The van der Waals surface area contributed by atoms with Crippen LogP contribution in [0.1, 0.15) is 18.6 Å². The lowest BCUT2D eigenvalue weighted by atomic mass is 10.0. The van der Waals surface area contributed by atoms with Crippen molar-refractivity contribution in [3.05, 3.63) is 53.6 Å². The summed E-state index contributed by atoms with van der Waals surface area (Å²) in [4.78, 5) is 0. The van der Waals surface area contributed by atoms with Crippen molar-refractivity contribution in [3.8, 4) is 5.75 Å². The molecule has 0 bridgehead atoms. The lowest BCUT2D eigenvalue weighted by Crippen LogP contribution is -2.01. The Bertz CT molecular complexity index is 561. The molecule has 94 valence electrons. The summed E-state index contributed by atoms with van der Waals surface area (Å²) in [6, 6.07) is 11.8. The molecule has 0 spiro atoms. The zero-order valence-electron chi connectivity index (χ0n) is 10.1. The minimum Gasteiger partial charge on any atom is -0.488 e. The predicted molar refractivity (Wildman–Crippen MR) is 75.1 cm³/mol. The second-order valence-corrected chi connectivity index (χ2v) is 4.31. The summed E-state index contributed by atoms with van der Waals surface area (Å²) < 4.78 is 5.72. The lowest BCUT2D eigenvalue weighted by Gasteiger charge is -2.15. The Labute approximate surface area is 111 Å². The molecule has 1 atom stereocenters. The van der Waals surface area contributed by atoms with Crippen LogP contribution in [0.3, 0.4) is 0 Å². The maximum atomic E-state index is 9.80. The quantitative estimate of drug-likeness (QED) is 0.902. The van der Waals surface area contributed by atoms with Crippen LogP contribution in [-0.2, 0) is 0 Å². The summed E-state index contributed by atoms with van der Waals surface area (Å²) in [6.45, 7) is 2.12. The van der Waals surface area contributed by atoms with Crippen molar-refractivity contribution in [2.45, 2.75) is 13.0 Å². The van der Waals surface area contributed by atoms with Crippen molar-refractivity contribution in [2.75, 3.05) is 6.61 Å². The SMILES string of the molecule is CC(O)c1ccc2ccccc2c1OC/C=C/Cl. The first-order valence-corrected chi connectivity index (χ1v) is 6.25. The first-order valence-electron chi connectivity index (χ1n) is 5.81. The third kappa shape index (κ3) is 2.66. The number of hydrogen-bond donors (Lipinski definition) is 1. The van der Waals surface area contributed by atoms with Crippen LogP contribution < -0.4 is 4.74 Å². The zero-order valence-corrected chi connectivity index (χ0v) is 10.9. The molecule has 0 amide bonds. The van der Waals surface area contributed by atoms with E-state index in [2.05, 4.69) is 0 Å². The monoisotopic (exact) mass is 262 g/mol. The van der Waals surface area contributed by atoms with E-state index in [4.69, 9.17) is 16.3 Å². The average Bonchev–Trinajstić information content (AvgIpc) is 2.38. The summed E-state index contributed by atoms with van der Waals surface area (Å²) in [5, 5.41) is 11.9. The molecule has 18 heavy (non-hydrogen) atoms. The molecular formula is C15H15ClO2. The molecule has 0 saturated carbocycles. The van der Waals surface area contributed by atoms with E-state index < -0.39 is 6.10 Å². The topological polar surface area (TPSA) is 29.5 Å². The fraction of sp³-hybridized carbons (Fsp3) is 0.200. The summed E-state index contributed by atoms with van der Waals surface area (Å²) in [5.41, 5.74) is 2.21. The molecule has 0 aliphatic heterocycles. The van der Waals surface area contributed by atoms with Gasteiger partial charge in [-0.1, -0.05) is 48.0 Å². The van der Waals surface area contributed by atoms with E-state index >= 15 is 0 Å². The van der Waals surface area contributed by atoms with Gasteiger partial charge in [0.15, 0.2) is 0 Å². The first-order chi connectivity index (χ1) is 8.74. The van der Waals surface area contributed by atoms with Gasteiger partial charge in [-0.25, -0.2) is 0 Å². The van der Waals surface area contributed by atoms with E-state index in [1.165, 1.54) is 5.54 Å². The van der Waals surface area contributed by atoms with Crippen LogP contribution in [-0.4, -0.2) is 11.7 Å². The molecule has 1 unspecified atom stereocenters. The fourth-order valence-corrected chi connectivity index (χ4v) is 1.99. The summed E-state index contributed by atoms with van der Waals surface area (Å²) >= 11 is 5.48. The Morgan fingerprint density at radius 2 is 2.06 bits per heavy atom. The van der Waals surface area contributed by atoms with Crippen LogP contribution in [0.25, 0.3) is 10.8 Å². The van der Waals surface area contributed by atoms with Gasteiger partial charge in [0.25, 0.3) is 0 Å². The van der Waals surface area contributed by atoms with E-state index in [1.54, 1.807) is 13.0 Å². The highest BCUT2D eigenvalue weighted by molar-refractivity contribution is 6.25. The molecule has 0 aliphatic carbocycles. The van der Waals surface area contributed by atoms with Crippen LogP contribution >= 0.6 is 11.6 Å². The van der Waals surface area contributed by atoms with Gasteiger partial charge in [-0.2, -0.15) is 0 Å². The van der Waals surface area contributed by atoms with Gasteiger partial charge in [0.05, 0.1) is 6.10 Å². The van der Waals surface area contributed by atoms with Crippen molar-refractivity contribution in [1.82, 2.24) is 0 Å². The van der Waals surface area contributed by atoms with Crippen LogP contribution in [0.4, 0.5) is 0 Å². The maximum Gasteiger partial charge on any atom is 0.133 e. The molecule has 2 aromatic rings. The summed E-state index contributed by atoms with van der Waals surface area (Å²) in [6.07, 6.45) is 1.15. The Kier molecular flexibility index (Phi) is 4.24. The third-order valence-corrected chi connectivity index (χ3v) is 2.95. The van der Waals surface area contributed by atoms with Crippen molar-refractivity contribution < 1.29 is 9.84 Å². The number of rotatable bonds is 4. The van der Waals surface area contributed by atoms with Gasteiger partial charge >= 0.3 is 0 Å². The normalized spacial score (nSPS) is 13.1. The van der Waals surface area contributed by atoms with E-state index in [9.17, 15) is 5.11 Å². The zero-order chi connectivity index (χ0) is 13.0. The molecule has 0 saturated heterocycles. The smallest absolute Gasteiger partial charge is 0.133 e. The Balaban J connectivity index is 2.51. The maximum absolute atomic E-state index is 9.80. The molecule has 0 heterocycles. The van der Waals surface area contributed by atoms with E-state index in [0.29, 0.717) is 6.61 Å². The average molecular weight is 263 g/mol. The third-order valence-electron chi connectivity index (χ3n) is 2.77. The Morgan fingerprint density at radius 1 is 1.28 bits per heavy atom. The summed E-state index contributed by atoms with van der Waals surface area (Å²) in [5.74, 6) is 0.720. The number of benzene rings is 2. The predicted octanol–water partition coefficient (Wildman–Crippen LogP) is 4.02. The number of fused-ring (bicyclic) bond motifs is 1. The van der Waals surface area contributed by atoms with Gasteiger partial charge in [0.1, 0.15) is 12.4 Å². The number of aliphatic hydroxyl groups excluding tert-OH is 1. The van der Waals surface area contributed by atoms with Crippen LogP contribution in [0.2, 0.25) is 0 Å². The van der Waals surface area contributed by atoms with Gasteiger partial charge in [-0.3, -0.25) is 0 Å². The minimum atomic E-state index is -0.565. The first kappa shape index (κ1) is 12.9. The van der Waals surface area contributed by atoms with Crippen molar-refractivity contribution in [1.29, 1.82) is 0 Å². The molecule has 2 aromatic carbocycles. The molecule has 0 aliphatic rings. The number of aliphatic hydroxyl groups is 1. The van der Waals surface area contributed by atoms with Gasteiger partial charge in [0, 0.05) is 16.5 Å². The number of ether oxygens (including phenoxy) is 1. The van der Waals surface area contributed by atoms with Gasteiger partial charge < -0.3 is 9.84 Å². The fourth-order valence-electron chi connectivity index (χ4n) is 1.92. The highest BCUT2D eigenvalue weighted by atomic mass is 35.5. The number of hydrogen-bond acceptors (Lipinski definition) is 2. The second kappa shape index (κ2) is 5.89. The van der Waals surface area contributed by atoms with Crippen molar-refractivity contribution in [3.63, 3.8) is 0 Å². The van der Waals surface area contributed by atoms with Crippen LogP contribution in [0.15, 0.2) is 48.0 Å². The molecule has 1 N–H and O–H groups in total. The van der Waals surface area contributed by atoms with E-state index in [-0.39, 0.29) is 0 Å². The van der Waals surface area contributed by atoms with Crippen molar-refractivity contribution in [2.24, 2.45) is 0 Å². The molecule has 2 nitrogen and oxygen atoms in total. The largest absolute Gasteiger partial charge is 0.488 e. The molecule has 3 heteroatoms. The van der Waals surface area contributed by atoms with Gasteiger partial charge in [-0.05, 0) is 18.4 Å². The number of halogens is 1. The summed E-state index contributed by atoms with van der Waals surface area (Å²) in [7, 11) is 0. The lowest BCUT2D eigenvalue weighted by molar-refractivity contribution is 0.193. The molecule has 0 radical (unpaired) electrons. The second-order valence-electron chi connectivity index (χ2n) is 4.05. The highest BCUT2D eigenvalue weighted by Gasteiger charge is 2.12. The highest BCUT2D eigenvalue weighted by Crippen LogP contribution is 2.33. The van der Waals surface area contributed by atoms with Gasteiger partial charge in [-0.15, -0.1) is 0 Å². The molecule has 0 fully saturated rings. The standard InChI is InChI=1S/C15H15ClO2/c1-11(17)13-8-7-12-5-2-3-6-14(12)15(13)18-10-4-9-16/h2-9,11,17H,10H2,1H3/b9-4+. The minimum absolute atomic E-state index is 0.386. The van der Waals surface area contributed by atoms with Gasteiger partial charge in [0.2, 0.25) is 0 Å². The Morgan fingerprint density at radius 3 is 2.78 bits per heavy atom. The molecule has 2 rings (SSSR count). The van der Waals surface area contributed by atoms with Crippen LogP contribution in [0, 0.1) is 0 Å². The van der Waals surface area contributed by atoms with E-state index in [0.717, 1.165) is 22.1 Å². The van der Waals surface area contributed by atoms with Crippen molar-refractivity contribution >= 4 is 22.4 Å². The Hall–Kier alpha value is -1.51. The van der Waals surface area contributed by atoms with Crippen LogP contribution in [0.5, 0.6) is 5.75 Å². The van der Waals surface area contributed by atoms with E-state index in [1.807, 2.05) is 36.4 Å².